The van der Waals surface area contributed by atoms with Gasteiger partial charge in [-0.25, -0.2) is 0 Å². The largest absolute Gasteiger partial charge is 0.492 e. The van der Waals surface area contributed by atoms with Crippen LogP contribution in [0.3, 0.4) is 0 Å². The van der Waals surface area contributed by atoms with Crippen molar-refractivity contribution < 1.29 is 4.74 Å². The zero-order valence-corrected chi connectivity index (χ0v) is 13.0. The number of nitrogens with one attached hydrogen (secondary N) is 1. The molecule has 110 valence electrons. The smallest absolute Gasteiger partial charge is 0.119 e. The molecule has 2 bridgehead atoms. The summed E-state index contributed by atoms with van der Waals surface area (Å²) in [5, 5.41) is 3.79. The van der Waals surface area contributed by atoms with E-state index >= 15 is 0 Å². The van der Waals surface area contributed by atoms with Crippen LogP contribution in [0.15, 0.2) is 30.3 Å². The summed E-state index contributed by atoms with van der Waals surface area (Å²) in [4.78, 5) is 0. The first-order valence-electron chi connectivity index (χ1n) is 7.94. The number of ether oxygens (including phenoxy) is 1. The minimum Gasteiger partial charge on any atom is -0.492 e. The molecule has 1 aromatic carbocycles. The molecule has 0 aliphatic heterocycles. The normalized spacial score (nSPS) is 34.4. The lowest BCUT2D eigenvalue weighted by atomic mass is 9.68. The number of rotatable bonds is 5. The molecule has 0 spiro atoms. The number of hydrogen-bond donors (Lipinski definition) is 1. The van der Waals surface area contributed by atoms with E-state index in [-0.39, 0.29) is 0 Å². The Balaban J connectivity index is 1.51. The van der Waals surface area contributed by atoms with Gasteiger partial charge in [0.2, 0.25) is 0 Å². The van der Waals surface area contributed by atoms with E-state index < -0.39 is 0 Å². The molecule has 0 amide bonds. The summed E-state index contributed by atoms with van der Waals surface area (Å²) in [7, 11) is 0. The van der Waals surface area contributed by atoms with E-state index in [0.29, 0.717) is 16.9 Å². The maximum absolute atomic E-state index is 5.78. The van der Waals surface area contributed by atoms with E-state index in [4.69, 9.17) is 4.74 Å². The minimum atomic E-state index is 0.430. The van der Waals surface area contributed by atoms with Crippen molar-refractivity contribution in [3.8, 4) is 5.75 Å². The molecule has 2 fully saturated rings. The van der Waals surface area contributed by atoms with Gasteiger partial charge in [0.15, 0.2) is 0 Å². The van der Waals surface area contributed by atoms with Gasteiger partial charge in [-0.15, -0.1) is 0 Å². The zero-order chi connectivity index (χ0) is 14.2. The topological polar surface area (TPSA) is 21.3 Å². The second-order valence-corrected chi connectivity index (χ2v) is 7.46. The number of benzene rings is 1. The molecule has 2 saturated carbocycles. The van der Waals surface area contributed by atoms with E-state index in [9.17, 15) is 0 Å². The Kier molecular flexibility index (Phi) is 3.53. The van der Waals surface area contributed by atoms with Gasteiger partial charge in [0.25, 0.3) is 0 Å². The summed E-state index contributed by atoms with van der Waals surface area (Å²) >= 11 is 0. The highest BCUT2D eigenvalue weighted by atomic mass is 16.5. The fourth-order valence-corrected chi connectivity index (χ4v) is 4.70. The summed E-state index contributed by atoms with van der Waals surface area (Å²) in [5.74, 6) is 1.87. The van der Waals surface area contributed by atoms with E-state index in [1.807, 2.05) is 30.3 Å². The zero-order valence-electron chi connectivity index (χ0n) is 13.0. The molecule has 0 saturated heterocycles. The third kappa shape index (κ3) is 2.35. The lowest BCUT2D eigenvalue weighted by Gasteiger charge is -2.43. The summed E-state index contributed by atoms with van der Waals surface area (Å²) in [6.07, 6.45) is 4.21. The monoisotopic (exact) mass is 273 g/mol. The Morgan fingerprint density at radius 1 is 1.20 bits per heavy atom. The van der Waals surface area contributed by atoms with Crippen molar-refractivity contribution in [2.24, 2.45) is 16.7 Å². The van der Waals surface area contributed by atoms with Gasteiger partial charge in [-0.05, 0) is 48.1 Å². The summed E-state index contributed by atoms with van der Waals surface area (Å²) in [5.41, 5.74) is 0.931. The van der Waals surface area contributed by atoms with Gasteiger partial charge in [0, 0.05) is 12.6 Å². The van der Waals surface area contributed by atoms with Gasteiger partial charge in [0.1, 0.15) is 12.4 Å². The predicted octanol–water partition coefficient (Wildman–Crippen LogP) is 3.87. The summed E-state index contributed by atoms with van der Waals surface area (Å²) in [6.45, 7) is 9.04. The molecule has 3 rings (SSSR count). The van der Waals surface area contributed by atoms with Crippen LogP contribution in [0.1, 0.15) is 40.0 Å². The average molecular weight is 273 g/mol. The van der Waals surface area contributed by atoms with Crippen molar-refractivity contribution in [1.29, 1.82) is 0 Å². The fraction of sp³-hybridized carbons (Fsp3) is 0.667. The Labute approximate surface area is 122 Å². The van der Waals surface area contributed by atoms with Crippen LogP contribution in [0.5, 0.6) is 5.75 Å². The quantitative estimate of drug-likeness (QED) is 0.822. The predicted molar refractivity (Wildman–Crippen MR) is 83.0 cm³/mol. The Morgan fingerprint density at radius 2 is 1.95 bits per heavy atom. The summed E-state index contributed by atoms with van der Waals surface area (Å²) in [6, 6.07) is 10.7. The van der Waals surface area contributed by atoms with Crippen molar-refractivity contribution in [1.82, 2.24) is 5.32 Å². The number of fused-ring (bicyclic) bond motifs is 2. The molecule has 0 radical (unpaired) electrons. The molecule has 0 heterocycles. The van der Waals surface area contributed by atoms with Crippen molar-refractivity contribution >= 4 is 0 Å². The first-order valence-corrected chi connectivity index (χ1v) is 7.94. The second-order valence-electron chi connectivity index (χ2n) is 7.46. The first kappa shape index (κ1) is 13.9. The van der Waals surface area contributed by atoms with Crippen molar-refractivity contribution in [2.75, 3.05) is 13.2 Å². The van der Waals surface area contributed by atoms with Crippen LogP contribution in [-0.2, 0) is 0 Å². The number of hydrogen-bond acceptors (Lipinski definition) is 2. The third-order valence-electron chi connectivity index (χ3n) is 5.73. The number of para-hydroxylation sites is 1. The Morgan fingerprint density at radius 3 is 2.60 bits per heavy atom. The van der Waals surface area contributed by atoms with E-state index in [1.54, 1.807) is 0 Å². The van der Waals surface area contributed by atoms with Gasteiger partial charge in [0.05, 0.1) is 0 Å². The molecule has 0 aromatic heterocycles. The van der Waals surface area contributed by atoms with Crippen molar-refractivity contribution in [2.45, 2.75) is 46.1 Å². The molecular formula is C18H27NO. The van der Waals surface area contributed by atoms with Crippen LogP contribution in [-0.4, -0.2) is 19.2 Å². The highest BCUT2D eigenvalue weighted by Gasteiger charge is 2.58. The van der Waals surface area contributed by atoms with Crippen LogP contribution in [0.2, 0.25) is 0 Å². The van der Waals surface area contributed by atoms with Crippen LogP contribution in [0.25, 0.3) is 0 Å². The molecule has 3 atom stereocenters. The molecule has 1 aromatic rings. The molecule has 20 heavy (non-hydrogen) atoms. The SMILES string of the molecule is CC1(C)C(NCCOc2ccccc2)[C@]2(C)CC[C@H]1C2. The van der Waals surface area contributed by atoms with Crippen LogP contribution < -0.4 is 10.1 Å². The third-order valence-corrected chi connectivity index (χ3v) is 5.73. The Hall–Kier alpha value is -1.02. The van der Waals surface area contributed by atoms with Gasteiger partial charge < -0.3 is 10.1 Å². The summed E-state index contributed by atoms with van der Waals surface area (Å²) < 4.78 is 5.78. The van der Waals surface area contributed by atoms with Gasteiger partial charge >= 0.3 is 0 Å². The molecular weight excluding hydrogens is 246 g/mol. The van der Waals surface area contributed by atoms with Gasteiger partial charge in [-0.1, -0.05) is 39.0 Å². The van der Waals surface area contributed by atoms with Gasteiger partial charge in [-0.3, -0.25) is 0 Å². The van der Waals surface area contributed by atoms with E-state index in [2.05, 4.69) is 26.1 Å². The molecule has 2 aliphatic carbocycles. The van der Waals surface area contributed by atoms with Crippen LogP contribution >= 0.6 is 0 Å². The minimum absolute atomic E-state index is 0.430. The van der Waals surface area contributed by atoms with E-state index in [1.165, 1.54) is 19.3 Å². The molecule has 1 unspecified atom stereocenters. The van der Waals surface area contributed by atoms with Crippen molar-refractivity contribution in [3.05, 3.63) is 30.3 Å². The molecule has 2 nitrogen and oxygen atoms in total. The first-order chi connectivity index (χ1) is 9.52. The van der Waals surface area contributed by atoms with Crippen LogP contribution in [0, 0.1) is 16.7 Å². The second kappa shape index (κ2) is 5.07. The molecule has 2 aliphatic rings. The van der Waals surface area contributed by atoms with Crippen LogP contribution in [0.4, 0.5) is 0 Å². The Bertz CT molecular complexity index is 451. The fourth-order valence-electron chi connectivity index (χ4n) is 4.70. The average Bonchev–Trinajstić information content (AvgIpc) is 2.90. The highest BCUT2D eigenvalue weighted by molar-refractivity contribution is 5.20. The molecule has 2 heteroatoms. The lowest BCUT2D eigenvalue weighted by Crippen LogP contribution is -2.51. The maximum Gasteiger partial charge on any atom is 0.119 e. The highest BCUT2D eigenvalue weighted by Crippen LogP contribution is 2.62. The van der Waals surface area contributed by atoms with E-state index in [0.717, 1.165) is 24.8 Å². The maximum atomic E-state index is 5.78. The van der Waals surface area contributed by atoms with Crippen molar-refractivity contribution in [3.63, 3.8) is 0 Å². The molecule has 1 N–H and O–H groups in total. The standard InChI is InChI=1S/C18H27NO/c1-17(2)14-9-10-18(3,13-14)16(17)19-11-12-20-15-7-5-4-6-8-15/h4-8,14,16,19H,9-13H2,1-3H3/t14-,16?,18+/m0/s1. The lowest BCUT2D eigenvalue weighted by molar-refractivity contribution is 0.105. The van der Waals surface area contributed by atoms with Gasteiger partial charge in [-0.2, -0.15) is 0 Å².